The van der Waals surface area contributed by atoms with Crippen LogP contribution in [0.15, 0.2) is 24.3 Å². The molecule has 88 valence electrons. The van der Waals surface area contributed by atoms with Crippen LogP contribution in [0.5, 0.6) is 5.75 Å². The maximum absolute atomic E-state index is 5.80. The third kappa shape index (κ3) is 2.89. The molecule has 0 saturated heterocycles. The molecule has 1 aliphatic carbocycles. The van der Waals surface area contributed by atoms with Crippen LogP contribution in [0.2, 0.25) is 0 Å². The van der Waals surface area contributed by atoms with Crippen LogP contribution in [0.1, 0.15) is 38.3 Å². The lowest BCUT2D eigenvalue weighted by Crippen LogP contribution is -2.10. The van der Waals surface area contributed by atoms with Crippen LogP contribution in [0, 0.1) is 5.41 Å². The van der Waals surface area contributed by atoms with Gasteiger partial charge in [-0.15, -0.1) is 0 Å². The Morgan fingerprint density at radius 1 is 1.50 bits per heavy atom. The van der Waals surface area contributed by atoms with E-state index in [4.69, 9.17) is 16.5 Å². The molecule has 1 aromatic rings. The summed E-state index contributed by atoms with van der Waals surface area (Å²) in [5.74, 6) is 0.935. The molecule has 1 N–H and O–H groups in total. The fraction of sp³-hybridized carbons (Fsp3) is 0.538. The van der Waals surface area contributed by atoms with Gasteiger partial charge in [-0.1, -0.05) is 19.1 Å². The molecule has 1 fully saturated rings. The summed E-state index contributed by atoms with van der Waals surface area (Å²) in [5.41, 5.74) is 1.57. The largest absolute Gasteiger partial charge is 0.493 e. The molecule has 1 aliphatic rings. The third-order valence-electron chi connectivity index (χ3n) is 3.21. The van der Waals surface area contributed by atoms with Gasteiger partial charge in [-0.05, 0) is 49.2 Å². The van der Waals surface area contributed by atoms with Crippen LogP contribution in [0.4, 0.5) is 0 Å². The van der Waals surface area contributed by atoms with Gasteiger partial charge < -0.3 is 4.74 Å². The molecular formula is C13H18ClNO. The molecule has 0 radical (unpaired) electrons. The molecule has 3 heteroatoms. The molecular weight excluding hydrogens is 222 g/mol. The fourth-order valence-corrected chi connectivity index (χ4v) is 1.68. The van der Waals surface area contributed by atoms with E-state index in [2.05, 4.69) is 11.8 Å². The average Bonchev–Trinajstić information content (AvgIpc) is 3.05. The highest BCUT2D eigenvalue weighted by Crippen LogP contribution is 2.45. The van der Waals surface area contributed by atoms with E-state index in [1.54, 1.807) is 0 Å². The molecule has 1 saturated carbocycles. The smallest absolute Gasteiger partial charge is 0.119 e. The van der Waals surface area contributed by atoms with Crippen LogP contribution < -0.4 is 9.57 Å². The van der Waals surface area contributed by atoms with E-state index in [-0.39, 0.29) is 6.04 Å². The van der Waals surface area contributed by atoms with E-state index >= 15 is 0 Å². The predicted molar refractivity (Wildman–Crippen MR) is 66.7 cm³/mol. The fourth-order valence-electron chi connectivity index (χ4n) is 1.55. The summed E-state index contributed by atoms with van der Waals surface area (Å²) in [7, 11) is 0. The Labute approximate surface area is 102 Å². The number of benzene rings is 1. The van der Waals surface area contributed by atoms with Crippen molar-refractivity contribution >= 4 is 11.8 Å². The molecule has 0 unspecified atom stereocenters. The number of halogens is 1. The Bertz CT molecular complexity index is 363. The molecule has 0 amide bonds. The Kier molecular flexibility index (Phi) is 3.41. The van der Waals surface area contributed by atoms with Gasteiger partial charge in [0.15, 0.2) is 0 Å². The van der Waals surface area contributed by atoms with Gasteiger partial charge in [0.1, 0.15) is 5.75 Å². The second-order valence-electron chi connectivity index (χ2n) is 5.00. The van der Waals surface area contributed by atoms with Gasteiger partial charge >= 0.3 is 0 Å². The Morgan fingerprint density at radius 2 is 2.25 bits per heavy atom. The van der Waals surface area contributed by atoms with E-state index < -0.39 is 0 Å². The summed E-state index contributed by atoms with van der Waals surface area (Å²) >= 11 is 5.61. The molecule has 2 nitrogen and oxygen atoms in total. The minimum Gasteiger partial charge on any atom is -0.493 e. The topological polar surface area (TPSA) is 21.3 Å². The van der Waals surface area contributed by atoms with Crippen LogP contribution in [-0.4, -0.2) is 6.61 Å². The molecule has 0 heterocycles. The first-order valence-electron chi connectivity index (χ1n) is 5.72. The first kappa shape index (κ1) is 11.7. The molecule has 1 aromatic carbocycles. The quantitative estimate of drug-likeness (QED) is 0.792. The summed E-state index contributed by atoms with van der Waals surface area (Å²) in [6.45, 7) is 5.10. The van der Waals surface area contributed by atoms with Gasteiger partial charge in [0.25, 0.3) is 0 Å². The monoisotopic (exact) mass is 239 g/mol. The van der Waals surface area contributed by atoms with Crippen LogP contribution >= 0.6 is 11.8 Å². The Hall–Kier alpha value is -0.730. The number of hydrogen-bond acceptors (Lipinski definition) is 2. The van der Waals surface area contributed by atoms with Gasteiger partial charge in [-0.2, -0.15) is 0 Å². The van der Waals surface area contributed by atoms with Crippen molar-refractivity contribution in [2.24, 2.45) is 5.41 Å². The van der Waals surface area contributed by atoms with Crippen molar-refractivity contribution in [3.8, 4) is 5.75 Å². The van der Waals surface area contributed by atoms with E-state index in [0.29, 0.717) is 5.41 Å². The van der Waals surface area contributed by atoms with Gasteiger partial charge in [-0.25, -0.2) is 4.84 Å². The summed E-state index contributed by atoms with van der Waals surface area (Å²) < 4.78 is 5.80. The molecule has 0 bridgehead atoms. The highest BCUT2D eigenvalue weighted by Gasteiger charge is 2.38. The van der Waals surface area contributed by atoms with Gasteiger partial charge in [0.05, 0.1) is 6.61 Å². The van der Waals surface area contributed by atoms with Crippen LogP contribution in [0.25, 0.3) is 0 Å². The van der Waals surface area contributed by atoms with Crippen molar-refractivity contribution in [1.29, 1.82) is 0 Å². The predicted octanol–water partition coefficient (Wildman–Crippen LogP) is 3.67. The maximum atomic E-state index is 5.80. The molecule has 2 rings (SSSR count). The number of rotatable bonds is 5. The van der Waals surface area contributed by atoms with Crippen molar-refractivity contribution in [1.82, 2.24) is 4.84 Å². The Balaban J connectivity index is 1.98. The zero-order valence-corrected chi connectivity index (χ0v) is 10.6. The van der Waals surface area contributed by atoms with E-state index in [9.17, 15) is 0 Å². The number of hydrogen-bond donors (Lipinski definition) is 1. The standard InChI is InChI=1S/C13H18ClNO/c1-10(15-14)11-4-3-5-12(8-11)16-9-13(2)6-7-13/h3-5,8,10,15H,6-7,9H2,1-2H3/t10-/m1/s1. The van der Waals surface area contributed by atoms with Crippen LogP contribution in [-0.2, 0) is 0 Å². The van der Waals surface area contributed by atoms with Crippen LogP contribution in [0.3, 0.4) is 0 Å². The number of nitrogens with one attached hydrogen (secondary N) is 1. The van der Waals surface area contributed by atoms with Gasteiger partial charge in [0, 0.05) is 11.5 Å². The van der Waals surface area contributed by atoms with E-state index in [1.807, 2.05) is 31.2 Å². The third-order valence-corrected chi connectivity index (χ3v) is 3.54. The summed E-state index contributed by atoms with van der Waals surface area (Å²) in [5, 5.41) is 0. The SMILES string of the molecule is C[C@@H](NCl)c1cccc(OCC2(C)CC2)c1. The summed E-state index contributed by atoms with van der Waals surface area (Å²) in [6, 6.07) is 8.24. The van der Waals surface area contributed by atoms with Gasteiger partial charge in [-0.3, -0.25) is 0 Å². The second-order valence-corrected chi connectivity index (χ2v) is 5.22. The minimum absolute atomic E-state index is 0.140. The van der Waals surface area contributed by atoms with Gasteiger partial charge in [0.2, 0.25) is 0 Å². The average molecular weight is 240 g/mol. The van der Waals surface area contributed by atoms with Crippen molar-refractivity contribution in [2.45, 2.75) is 32.7 Å². The lowest BCUT2D eigenvalue weighted by molar-refractivity contribution is 0.247. The van der Waals surface area contributed by atoms with Crippen molar-refractivity contribution in [3.05, 3.63) is 29.8 Å². The van der Waals surface area contributed by atoms with Crippen molar-refractivity contribution < 1.29 is 4.74 Å². The molecule has 0 aromatic heterocycles. The highest BCUT2D eigenvalue weighted by atomic mass is 35.5. The first-order chi connectivity index (χ1) is 7.63. The molecule has 0 aliphatic heterocycles. The number of ether oxygens (including phenoxy) is 1. The van der Waals surface area contributed by atoms with Crippen molar-refractivity contribution in [3.63, 3.8) is 0 Å². The van der Waals surface area contributed by atoms with E-state index in [1.165, 1.54) is 12.8 Å². The second kappa shape index (κ2) is 4.64. The summed E-state index contributed by atoms with van der Waals surface area (Å²) in [4.78, 5) is 2.71. The maximum Gasteiger partial charge on any atom is 0.119 e. The molecule has 1 atom stereocenters. The highest BCUT2D eigenvalue weighted by molar-refractivity contribution is 6.13. The summed E-state index contributed by atoms with van der Waals surface area (Å²) in [6.07, 6.45) is 2.57. The van der Waals surface area contributed by atoms with Crippen molar-refractivity contribution in [2.75, 3.05) is 6.61 Å². The lowest BCUT2D eigenvalue weighted by Gasteiger charge is -2.13. The molecule has 16 heavy (non-hydrogen) atoms. The molecule has 0 spiro atoms. The minimum atomic E-state index is 0.140. The zero-order valence-electron chi connectivity index (χ0n) is 9.79. The first-order valence-corrected chi connectivity index (χ1v) is 6.10. The normalized spacial score (nSPS) is 19.2. The Morgan fingerprint density at radius 3 is 2.88 bits per heavy atom. The zero-order chi connectivity index (χ0) is 11.6. The lowest BCUT2D eigenvalue weighted by atomic mass is 10.1. The van der Waals surface area contributed by atoms with E-state index in [0.717, 1.165) is 17.9 Å².